The van der Waals surface area contributed by atoms with Crippen LogP contribution in [0.3, 0.4) is 0 Å². The molecule has 2 rings (SSSR count). The molecule has 2 aromatic rings. The van der Waals surface area contributed by atoms with E-state index in [4.69, 9.17) is 10.00 Å². The first-order chi connectivity index (χ1) is 9.67. The van der Waals surface area contributed by atoms with E-state index in [0.717, 1.165) is 17.5 Å². The Kier molecular flexibility index (Phi) is 4.16. The molecular weight excluding hydrogens is 254 g/mol. The zero-order valence-corrected chi connectivity index (χ0v) is 11.4. The van der Waals surface area contributed by atoms with Crippen LogP contribution < -0.4 is 10.3 Å². The number of nitriles is 1. The number of aromatic nitrogens is 2. The lowest BCUT2D eigenvalue weighted by Crippen LogP contribution is -2.16. The second-order valence-electron chi connectivity index (χ2n) is 4.37. The van der Waals surface area contributed by atoms with Crippen molar-refractivity contribution in [2.75, 3.05) is 6.61 Å². The van der Waals surface area contributed by atoms with Gasteiger partial charge in [0.1, 0.15) is 11.6 Å². The third-order valence-electron chi connectivity index (χ3n) is 2.85. The molecular formula is C15H15N3O2. The second-order valence-corrected chi connectivity index (χ2v) is 4.37. The lowest BCUT2D eigenvalue weighted by atomic mass is 10.0. The first-order valence-corrected chi connectivity index (χ1v) is 6.40. The zero-order valence-electron chi connectivity index (χ0n) is 11.4. The molecule has 0 amide bonds. The van der Waals surface area contributed by atoms with Crippen molar-refractivity contribution < 1.29 is 4.74 Å². The van der Waals surface area contributed by atoms with E-state index in [0.29, 0.717) is 12.3 Å². The van der Waals surface area contributed by atoms with Gasteiger partial charge in [0.25, 0.3) is 11.6 Å². The summed E-state index contributed by atoms with van der Waals surface area (Å²) in [5.41, 5.74) is 1.59. The first kappa shape index (κ1) is 13.8. The van der Waals surface area contributed by atoms with Crippen molar-refractivity contribution in [3.63, 3.8) is 0 Å². The minimum Gasteiger partial charge on any atom is -0.465 e. The van der Waals surface area contributed by atoms with Gasteiger partial charge in [0.2, 0.25) is 0 Å². The van der Waals surface area contributed by atoms with Gasteiger partial charge in [-0.05, 0) is 18.9 Å². The highest BCUT2D eigenvalue weighted by atomic mass is 16.5. The maximum atomic E-state index is 11.9. The fraction of sp³-hybridized carbons (Fsp3) is 0.267. The largest absolute Gasteiger partial charge is 0.465 e. The standard InChI is InChI=1S/C15H15N3O2/c1-3-8-20-15-17-13(12(9-16)14(19)18-15)11-7-5-4-6-10(11)2/h4-7H,3,8H2,1-2H3,(H,17,18,19). The van der Waals surface area contributed by atoms with Crippen LogP contribution in [0.2, 0.25) is 0 Å². The molecule has 102 valence electrons. The van der Waals surface area contributed by atoms with Gasteiger partial charge < -0.3 is 4.74 Å². The maximum Gasteiger partial charge on any atom is 0.297 e. The molecule has 0 saturated carbocycles. The number of ether oxygens (including phenoxy) is 1. The number of nitrogens with zero attached hydrogens (tertiary/aromatic N) is 2. The van der Waals surface area contributed by atoms with Gasteiger partial charge in [-0.2, -0.15) is 10.2 Å². The monoisotopic (exact) mass is 269 g/mol. The fourth-order valence-electron chi connectivity index (χ4n) is 1.86. The summed E-state index contributed by atoms with van der Waals surface area (Å²) in [5.74, 6) is 0. The van der Waals surface area contributed by atoms with E-state index in [9.17, 15) is 4.79 Å². The molecule has 1 aromatic heterocycles. The van der Waals surface area contributed by atoms with Gasteiger partial charge in [0, 0.05) is 5.56 Å². The van der Waals surface area contributed by atoms with E-state index >= 15 is 0 Å². The Hall–Kier alpha value is -2.61. The van der Waals surface area contributed by atoms with Crippen LogP contribution >= 0.6 is 0 Å². The van der Waals surface area contributed by atoms with Crippen molar-refractivity contribution in [2.45, 2.75) is 20.3 Å². The van der Waals surface area contributed by atoms with E-state index in [2.05, 4.69) is 9.97 Å². The number of rotatable bonds is 4. The molecule has 0 unspecified atom stereocenters. The van der Waals surface area contributed by atoms with Crippen LogP contribution in [0.5, 0.6) is 6.01 Å². The quantitative estimate of drug-likeness (QED) is 0.924. The molecule has 1 N–H and O–H groups in total. The first-order valence-electron chi connectivity index (χ1n) is 6.40. The third-order valence-corrected chi connectivity index (χ3v) is 2.85. The molecule has 0 aliphatic carbocycles. The number of aryl methyl sites for hydroxylation is 1. The fourth-order valence-corrected chi connectivity index (χ4v) is 1.86. The maximum absolute atomic E-state index is 11.9. The SMILES string of the molecule is CCCOc1nc(-c2ccccc2C)c(C#N)c(=O)[nH]1. The molecule has 0 aliphatic rings. The van der Waals surface area contributed by atoms with Gasteiger partial charge >= 0.3 is 0 Å². The zero-order chi connectivity index (χ0) is 14.5. The second kappa shape index (κ2) is 6.02. The lowest BCUT2D eigenvalue weighted by Gasteiger charge is -2.09. The van der Waals surface area contributed by atoms with Crippen LogP contribution in [-0.2, 0) is 0 Å². The Bertz CT molecular complexity index is 714. The highest BCUT2D eigenvalue weighted by Crippen LogP contribution is 2.23. The minimum atomic E-state index is -0.480. The van der Waals surface area contributed by atoms with Crippen LogP contribution in [-0.4, -0.2) is 16.6 Å². The number of nitrogens with one attached hydrogen (secondary N) is 1. The number of H-pyrrole nitrogens is 1. The van der Waals surface area contributed by atoms with Crippen molar-refractivity contribution in [1.29, 1.82) is 5.26 Å². The summed E-state index contributed by atoms with van der Waals surface area (Å²) < 4.78 is 5.36. The predicted molar refractivity (Wildman–Crippen MR) is 75.5 cm³/mol. The highest BCUT2D eigenvalue weighted by Gasteiger charge is 2.15. The number of hydrogen-bond acceptors (Lipinski definition) is 4. The van der Waals surface area contributed by atoms with Crippen LogP contribution in [0.25, 0.3) is 11.3 Å². The average molecular weight is 269 g/mol. The Morgan fingerprint density at radius 3 is 2.80 bits per heavy atom. The summed E-state index contributed by atoms with van der Waals surface area (Å²) in [6.07, 6.45) is 0.809. The topological polar surface area (TPSA) is 78.8 Å². The summed E-state index contributed by atoms with van der Waals surface area (Å²) in [6, 6.07) is 9.54. The smallest absolute Gasteiger partial charge is 0.297 e. The van der Waals surface area contributed by atoms with Crippen LogP contribution in [0.15, 0.2) is 29.1 Å². The molecule has 5 nitrogen and oxygen atoms in total. The van der Waals surface area contributed by atoms with Gasteiger partial charge in [0.05, 0.1) is 12.3 Å². The van der Waals surface area contributed by atoms with Crippen LogP contribution in [0.1, 0.15) is 24.5 Å². The number of aromatic amines is 1. The molecule has 0 saturated heterocycles. The molecule has 1 aromatic carbocycles. The lowest BCUT2D eigenvalue weighted by molar-refractivity contribution is 0.291. The molecule has 1 heterocycles. The Balaban J connectivity index is 2.62. The van der Waals surface area contributed by atoms with Gasteiger partial charge in [-0.1, -0.05) is 31.2 Å². The van der Waals surface area contributed by atoms with Crippen molar-refractivity contribution in [2.24, 2.45) is 0 Å². The molecule has 5 heteroatoms. The molecule has 0 aliphatic heterocycles. The van der Waals surface area contributed by atoms with Gasteiger partial charge in [-0.15, -0.1) is 0 Å². The minimum absolute atomic E-state index is 0.00292. The predicted octanol–water partition coefficient (Wildman–Crippen LogP) is 2.41. The molecule has 0 bridgehead atoms. The Labute approximate surface area is 116 Å². The molecule has 0 atom stereocenters. The van der Waals surface area contributed by atoms with E-state index in [-0.39, 0.29) is 11.6 Å². The third kappa shape index (κ3) is 2.69. The van der Waals surface area contributed by atoms with Crippen molar-refractivity contribution in [1.82, 2.24) is 9.97 Å². The van der Waals surface area contributed by atoms with Crippen LogP contribution in [0.4, 0.5) is 0 Å². The number of benzene rings is 1. The van der Waals surface area contributed by atoms with Crippen molar-refractivity contribution in [3.8, 4) is 23.3 Å². The molecule has 20 heavy (non-hydrogen) atoms. The number of hydrogen-bond donors (Lipinski definition) is 1. The van der Waals surface area contributed by atoms with E-state index in [1.54, 1.807) is 0 Å². The molecule has 0 spiro atoms. The highest BCUT2D eigenvalue weighted by molar-refractivity contribution is 5.69. The van der Waals surface area contributed by atoms with Gasteiger partial charge in [-0.3, -0.25) is 9.78 Å². The van der Waals surface area contributed by atoms with E-state index in [1.807, 2.05) is 44.2 Å². The van der Waals surface area contributed by atoms with E-state index < -0.39 is 5.56 Å². The summed E-state index contributed by atoms with van der Waals surface area (Å²) in [5, 5.41) is 9.17. The van der Waals surface area contributed by atoms with Crippen LogP contribution in [0, 0.1) is 18.3 Å². The van der Waals surface area contributed by atoms with E-state index in [1.165, 1.54) is 0 Å². The Morgan fingerprint density at radius 1 is 1.40 bits per heavy atom. The summed E-state index contributed by atoms with van der Waals surface area (Å²) in [7, 11) is 0. The average Bonchev–Trinajstić information content (AvgIpc) is 2.45. The van der Waals surface area contributed by atoms with Gasteiger partial charge in [0.15, 0.2) is 0 Å². The van der Waals surface area contributed by atoms with Gasteiger partial charge in [-0.25, -0.2) is 0 Å². The summed E-state index contributed by atoms with van der Waals surface area (Å²) in [4.78, 5) is 18.7. The van der Waals surface area contributed by atoms with Crippen molar-refractivity contribution in [3.05, 3.63) is 45.7 Å². The Morgan fingerprint density at radius 2 is 2.15 bits per heavy atom. The summed E-state index contributed by atoms with van der Waals surface area (Å²) in [6.45, 7) is 4.33. The summed E-state index contributed by atoms with van der Waals surface area (Å²) >= 11 is 0. The van der Waals surface area contributed by atoms with Crippen molar-refractivity contribution >= 4 is 0 Å². The molecule has 0 fully saturated rings. The normalized spacial score (nSPS) is 10.1. The molecule has 0 radical (unpaired) electrons.